The van der Waals surface area contributed by atoms with Crippen LogP contribution in [0.25, 0.3) is 0 Å². The second kappa shape index (κ2) is 5.55. The molecule has 0 atom stereocenters. The molecule has 1 aromatic rings. The van der Waals surface area contributed by atoms with Crippen molar-refractivity contribution in [1.82, 2.24) is 0 Å². The number of anilines is 2. The zero-order valence-electron chi connectivity index (χ0n) is 10.8. The summed E-state index contributed by atoms with van der Waals surface area (Å²) in [5.74, 6) is -1.14. The Morgan fingerprint density at radius 1 is 1.06 bits per heavy atom. The van der Waals surface area contributed by atoms with Crippen LogP contribution in [-0.4, -0.2) is 13.1 Å². The Morgan fingerprint density at radius 2 is 1.56 bits per heavy atom. The maximum atomic E-state index is 13.9. The van der Waals surface area contributed by atoms with Crippen LogP contribution >= 0.6 is 0 Å². The lowest BCUT2D eigenvalue weighted by Gasteiger charge is -2.30. The lowest BCUT2D eigenvalue weighted by molar-refractivity contribution is 0.518. The highest BCUT2D eigenvalue weighted by Crippen LogP contribution is 2.30. The molecule has 0 aromatic heterocycles. The summed E-state index contributed by atoms with van der Waals surface area (Å²) >= 11 is 0. The smallest absolute Gasteiger partial charge is 0.151 e. The van der Waals surface area contributed by atoms with E-state index in [-0.39, 0.29) is 17.4 Å². The van der Waals surface area contributed by atoms with Gasteiger partial charge in [0.2, 0.25) is 0 Å². The molecule has 2 N–H and O–H groups in total. The zero-order valence-corrected chi connectivity index (χ0v) is 10.8. The first-order valence-corrected chi connectivity index (χ1v) is 6.57. The van der Waals surface area contributed by atoms with Crippen LogP contribution in [0.5, 0.6) is 0 Å². The number of halogens is 2. The van der Waals surface area contributed by atoms with E-state index in [1.54, 1.807) is 11.9 Å². The molecule has 0 spiro atoms. The molecule has 18 heavy (non-hydrogen) atoms. The average Bonchev–Trinajstić information content (AvgIpc) is 2.55. The fourth-order valence-corrected chi connectivity index (χ4v) is 2.75. The number of rotatable bonds is 2. The number of nitrogen functional groups attached to an aromatic ring is 1. The predicted molar refractivity (Wildman–Crippen MR) is 70.7 cm³/mol. The molecule has 1 aromatic carbocycles. The van der Waals surface area contributed by atoms with Crippen molar-refractivity contribution in [1.29, 1.82) is 0 Å². The van der Waals surface area contributed by atoms with Crippen molar-refractivity contribution in [2.75, 3.05) is 17.7 Å². The zero-order chi connectivity index (χ0) is 13.1. The first kappa shape index (κ1) is 13.1. The molecular formula is C14H20F2N2. The van der Waals surface area contributed by atoms with Crippen molar-refractivity contribution in [2.45, 2.75) is 44.6 Å². The highest BCUT2D eigenvalue weighted by atomic mass is 19.1. The van der Waals surface area contributed by atoms with E-state index in [2.05, 4.69) is 0 Å². The Labute approximate surface area is 107 Å². The van der Waals surface area contributed by atoms with E-state index in [1.807, 2.05) is 0 Å². The topological polar surface area (TPSA) is 29.3 Å². The van der Waals surface area contributed by atoms with Gasteiger partial charge in [0, 0.05) is 18.8 Å². The summed E-state index contributed by atoms with van der Waals surface area (Å²) in [6.45, 7) is 0. The summed E-state index contributed by atoms with van der Waals surface area (Å²) in [4.78, 5) is 1.75. The lowest BCUT2D eigenvalue weighted by atomic mass is 10.1. The maximum absolute atomic E-state index is 13.9. The molecule has 2 rings (SSSR count). The molecule has 0 aliphatic heterocycles. The Hall–Kier alpha value is -1.32. The number of hydrogen-bond acceptors (Lipinski definition) is 2. The minimum Gasteiger partial charge on any atom is -0.399 e. The fraction of sp³-hybridized carbons (Fsp3) is 0.571. The molecule has 2 nitrogen and oxygen atoms in total. The van der Waals surface area contributed by atoms with Crippen molar-refractivity contribution in [2.24, 2.45) is 0 Å². The van der Waals surface area contributed by atoms with Crippen LogP contribution < -0.4 is 10.6 Å². The van der Waals surface area contributed by atoms with E-state index in [1.165, 1.54) is 25.0 Å². The van der Waals surface area contributed by atoms with Gasteiger partial charge in [0.25, 0.3) is 0 Å². The molecule has 0 bridgehead atoms. The van der Waals surface area contributed by atoms with Gasteiger partial charge < -0.3 is 10.6 Å². The molecule has 0 heterocycles. The van der Waals surface area contributed by atoms with Crippen LogP contribution in [0.2, 0.25) is 0 Å². The van der Waals surface area contributed by atoms with Crippen molar-refractivity contribution < 1.29 is 8.78 Å². The third-order valence-electron chi connectivity index (χ3n) is 3.76. The van der Waals surface area contributed by atoms with Gasteiger partial charge in [0.05, 0.1) is 0 Å². The first-order valence-electron chi connectivity index (χ1n) is 6.57. The van der Waals surface area contributed by atoms with E-state index in [0.29, 0.717) is 0 Å². The molecule has 1 aliphatic rings. The monoisotopic (exact) mass is 254 g/mol. The van der Waals surface area contributed by atoms with Crippen LogP contribution in [0.3, 0.4) is 0 Å². The highest BCUT2D eigenvalue weighted by Gasteiger charge is 2.22. The van der Waals surface area contributed by atoms with Crippen molar-refractivity contribution in [3.63, 3.8) is 0 Å². The molecule has 1 fully saturated rings. The number of benzene rings is 1. The van der Waals surface area contributed by atoms with Gasteiger partial charge in [-0.2, -0.15) is 0 Å². The third-order valence-corrected chi connectivity index (χ3v) is 3.76. The van der Waals surface area contributed by atoms with Gasteiger partial charge in [-0.05, 0) is 25.0 Å². The summed E-state index contributed by atoms with van der Waals surface area (Å²) in [7, 11) is 1.77. The van der Waals surface area contributed by atoms with Gasteiger partial charge in [0.15, 0.2) is 11.6 Å². The predicted octanol–water partition coefficient (Wildman–Crippen LogP) is 3.71. The van der Waals surface area contributed by atoms with Crippen molar-refractivity contribution in [3.8, 4) is 0 Å². The van der Waals surface area contributed by atoms with E-state index in [9.17, 15) is 8.78 Å². The third kappa shape index (κ3) is 2.74. The minimum atomic E-state index is -0.570. The number of nitrogens with two attached hydrogens (primary N) is 1. The van der Waals surface area contributed by atoms with Crippen molar-refractivity contribution in [3.05, 3.63) is 23.8 Å². The Kier molecular flexibility index (Phi) is 4.04. The molecule has 1 aliphatic carbocycles. The Morgan fingerprint density at radius 3 is 2.06 bits per heavy atom. The Bertz CT molecular complexity index is 389. The molecule has 0 unspecified atom stereocenters. The fourth-order valence-electron chi connectivity index (χ4n) is 2.75. The summed E-state index contributed by atoms with van der Waals surface area (Å²) in [6, 6.07) is 2.59. The summed E-state index contributed by atoms with van der Waals surface area (Å²) in [5.41, 5.74) is 5.61. The molecule has 0 amide bonds. The second-order valence-electron chi connectivity index (χ2n) is 5.09. The standard InChI is InChI=1S/C14H20F2N2/c1-18(11-6-4-2-3-5-7-11)14-12(15)8-10(17)9-13(14)16/h8-9,11H,2-7,17H2,1H3. The number of nitrogens with zero attached hydrogens (tertiary/aromatic N) is 1. The molecule has 0 saturated heterocycles. The number of hydrogen-bond donors (Lipinski definition) is 1. The molecule has 100 valence electrons. The molecule has 0 radical (unpaired) electrons. The summed E-state index contributed by atoms with van der Waals surface area (Å²) in [6.07, 6.45) is 6.70. The van der Waals surface area contributed by atoms with Gasteiger partial charge >= 0.3 is 0 Å². The van der Waals surface area contributed by atoms with Crippen LogP contribution in [0.15, 0.2) is 12.1 Å². The molecular weight excluding hydrogens is 234 g/mol. The second-order valence-corrected chi connectivity index (χ2v) is 5.09. The lowest BCUT2D eigenvalue weighted by Crippen LogP contribution is -2.32. The maximum Gasteiger partial charge on any atom is 0.151 e. The van der Waals surface area contributed by atoms with Crippen molar-refractivity contribution >= 4 is 11.4 Å². The van der Waals surface area contributed by atoms with Crippen LogP contribution in [0.4, 0.5) is 20.2 Å². The van der Waals surface area contributed by atoms with Crippen LogP contribution in [0.1, 0.15) is 38.5 Å². The van der Waals surface area contributed by atoms with Gasteiger partial charge in [0.1, 0.15) is 5.69 Å². The van der Waals surface area contributed by atoms with E-state index >= 15 is 0 Å². The minimum absolute atomic E-state index is 0.0519. The largest absolute Gasteiger partial charge is 0.399 e. The molecule has 4 heteroatoms. The average molecular weight is 254 g/mol. The van der Waals surface area contributed by atoms with Gasteiger partial charge in [-0.3, -0.25) is 0 Å². The quantitative estimate of drug-likeness (QED) is 0.644. The van der Waals surface area contributed by atoms with Gasteiger partial charge in [-0.15, -0.1) is 0 Å². The SMILES string of the molecule is CN(c1c(F)cc(N)cc1F)C1CCCCCC1. The highest BCUT2D eigenvalue weighted by molar-refractivity contribution is 5.56. The van der Waals surface area contributed by atoms with Gasteiger partial charge in [-0.25, -0.2) is 8.78 Å². The molecule has 1 saturated carbocycles. The Balaban J connectivity index is 2.24. The normalized spacial score (nSPS) is 17.5. The van der Waals surface area contributed by atoms with E-state index in [4.69, 9.17) is 5.73 Å². The summed E-state index contributed by atoms with van der Waals surface area (Å²) in [5, 5.41) is 0. The van der Waals surface area contributed by atoms with Crippen LogP contribution in [-0.2, 0) is 0 Å². The van der Waals surface area contributed by atoms with Gasteiger partial charge in [-0.1, -0.05) is 25.7 Å². The first-order chi connectivity index (χ1) is 8.59. The van der Waals surface area contributed by atoms with E-state index in [0.717, 1.165) is 25.7 Å². The van der Waals surface area contributed by atoms with Crippen LogP contribution in [0, 0.1) is 11.6 Å². The summed E-state index contributed by atoms with van der Waals surface area (Å²) < 4.78 is 27.7. The van der Waals surface area contributed by atoms with E-state index < -0.39 is 11.6 Å².